The number of hydrogen-bond donors (Lipinski definition) is 1. The van der Waals surface area contributed by atoms with E-state index in [4.69, 9.17) is 5.11 Å². The van der Waals surface area contributed by atoms with Crippen LogP contribution in [0, 0.1) is 23.6 Å². The molecule has 1 aliphatic heterocycles. The van der Waals surface area contributed by atoms with Gasteiger partial charge in [0.25, 0.3) is 0 Å². The van der Waals surface area contributed by atoms with E-state index in [2.05, 4.69) is 23.7 Å². The molecule has 1 saturated heterocycles. The number of piperidine rings is 1. The number of aliphatic hydroxyl groups is 1. The fraction of sp³-hybridized carbons (Fsp3) is 0.500. The van der Waals surface area contributed by atoms with Crippen LogP contribution >= 0.6 is 0 Å². The molecule has 0 saturated carbocycles. The van der Waals surface area contributed by atoms with Crippen molar-refractivity contribution in [3.8, 4) is 11.8 Å². The lowest BCUT2D eigenvalue weighted by Gasteiger charge is -2.31. The molecule has 19 heavy (non-hydrogen) atoms. The molecule has 3 heteroatoms. The minimum absolute atomic E-state index is 0.198. The van der Waals surface area contributed by atoms with E-state index in [1.807, 2.05) is 0 Å². The Morgan fingerprint density at radius 3 is 3.05 bits per heavy atom. The molecule has 0 spiro atoms. The van der Waals surface area contributed by atoms with Gasteiger partial charge in [-0.05, 0) is 43.0 Å². The Hall–Kier alpha value is -1.37. The van der Waals surface area contributed by atoms with Crippen molar-refractivity contribution in [1.82, 2.24) is 4.90 Å². The summed E-state index contributed by atoms with van der Waals surface area (Å²) >= 11 is 0. The number of rotatable bonds is 2. The summed E-state index contributed by atoms with van der Waals surface area (Å²) in [4.78, 5) is 2.39. The van der Waals surface area contributed by atoms with Gasteiger partial charge in [-0.15, -0.1) is 0 Å². The van der Waals surface area contributed by atoms with Crippen LogP contribution in [-0.4, -0.2) is 29.7 Å². The van der Waals surface area contributed by atoms with Crippen LogP contribution in [0.2, 0.25) is 0 Å². The summed E-state index contributed by atoms with van der Waals surface area (Å²) in [6.45, 7) is 5.05. The number of aliphatic hydroxyl groups excluding tert-OH is 1. The summed E-state index contributed by atoms with van der Waals surface area (Å²) in [5.41, 5.74) is 1.73. The highest BCUT2D eigenvalue weighted by Gasteiger charge is 2.17. The molecule has 1 heterocycles. The predicted molar refractivity (Wildman–Crippen MR) is 74.0 cm³/mol. The molecule has 2 nitrogen and oxygen atoms in total. The average Bonchev–Trinajstić information content (AvgIpc) is 2.39. The van der Waals surface area contributed by atoms with Crippen LogP contribution in [0.15, 0.2) is 18.2 Å². The molecular formula is C16H20FNO. The Balaban J connectivity index is 2.14. The summed E-state index contributed by atoms with van der Waals surface area (Å²) in [6, 6.07) is 4.73. The molecule has 1 fully saturated rings. The summed E-state index contributed by atoms with van der Waals surface area (Å²) < 4.78 is 13.3. The van der Waals surface area contributed by atoms with Crippen LogP contribution in [0.1, 0.15) is 30.9 Å². The SMILES string of the molecule is CC1CCCN(Cc2ccc(F)cc2C#CCO)C1. The fourth-order valence-electron chi connectivity index (χ4n) is 2.61. The number of benzene rings is 1. The van der Waals surface area contributed by atoms with Gasteiger partial charge < -0.3 is 5.11 Å². The van der Waals surface area contributed by atoms with E-state index in [-0.39, 0.29) is 12.4 Å². The van der Waals surface area contributed by atoms with Gasteiger partial charge in [0.15, 0.2) is 0 Å². The number of nitrogens with zero attached hydrogens (tertiary/aromatic N) is 1. The molecule has 0 aromatic heterocycles. The summed E-state index contributed by atoms with van der Waals surface area (Å²) in [7, 11) is 0. The van der Waals surface area contributed by atoms with Gasteiger partial charge in [-0.1, -0.05) is 24.8 Å². The minimum atomic E-state index is -0.280. The van der Waals surface area contributed by atoms with Crippen molar-refractivity contribution in [1.29, 1.82) is 0 Å². The zero-order valence-corrected chi connectivity index (χ0v) is 11.3. The molecule has 0 bridgehead atoms. The molecule has 1 atom stereocenters. The lowest BCUT2D eigenvalue weighted by atomic mass is 9.99. The molecule has 2 rings (SSSR count). The Morgan fingerprint density at radius 2 is 2.32 bits per heavy atom. The van der Waals surface area contributed by atoms with Gasteiger partial charge in [-0.3, -0.25) is 4.90 Å². The highest BCUT2D eigenvalue weighted by molar-refractivity contribution is 5.41. The van der Waals surface area contributed by atoms with Crippen molar-refractivity contribution in [2.24, 2.45) is 5.92 Å². The standard InChI is InChI=1S/C16H20FNO/c1-13-4-2-8-18(11-13)12-15-6-7-16(17)10-14(15)5-3-9-19/h6-7,10,13,19H,2,4,8-9,11-12H2,1H3. The maximum atomic E-state index is 13.3. The molecule has 0 radical (unpaired) electrons. The van der Waals surface area contributed by atoms with Crippen LogP contribution in [0.5, 0.6) is 0 Å². The average molecular weight is 261 g/mol. The van der Waals surface area contributed by atoms with Crippen molar-refractivity contribution < 1.29 is 9.50 Å². The summed E-state index contributed by atoms with van der Waals surface area (Å²) in [6.07, 6.45) is 2.51. The number of likely N-dealkylation sites (tertiary alicyclic amines) is 1. The first-order valence-electron chi connectivity index (χ1n) is 6.79. The molecular weight excluding hydrogens is 241 g/mol. The third-order valence-corrected chi connectivity index (χ3v) is 3.51. The predicted octanol–water partition coefficient (Wildman–Crippen LogP) is 2.40. The molecule has 1 N–H and O–H groups in total. The van der Waals surface area contributed by atoms with Gasteiger partial charge in [0.05, 0.1) is 0 Å². The minimum Gasteiger partial charge on any atom is -0.384 e. The third kappa shape index (κ3) is 4.05. The normalized spacial score (nSPS) is 19.8. The highest BCUT2D eigenvalue weighted by Crippen LogP contribution is 2.19. The first kappa shape index (κ1) is 14.0. The maximum absolute atomic E-state index is 13.3. The Morgan fingerprint density at radius 1 is 1.47 bits per heavy atom. The van der Waals surface area contributed by atoms with E-state index in [9.17, 15) is 4.39 Å². The molecule has 0 amide bonds. The molecule has 0 aliphatic carbocycles. The van der Waals surface area contributed by atoms with Crippen molar-refractivity contribution in [3.63, 3.8) is 0 Å². The van der Waals surface area contributed by atoms with Gasteiger partial charge in [-0.2, -0.15) is 0 Å². The van der Waals surface area contributed by atoms with Crippen molar-refractivity contribution >= 4 is 0 Å². The first-order chi connectivity index (χ1) is 9.19. The van der Waals surface area contributed by atoms with Crippen molar-refractivity contribution in [2.75, 3.05) is 19.7 Å². The zero-order valence-electron chi connectivity index (χ0n) is 11.3. The van der Waals surface area contributed by atoms with Gasteiger partial charge in [0, 0.05) is 18.7 Å². The van der Waals surface area contributed by atoms with Crippen LogP contribution < -0.4 is 0 Å². The Kier molecular flexibility index (Phi) is 4.95. The lowest BCUT2D eigenvalue weighted by Crippen LogP contribution is -2.33. The van der Waals surface area contributed by atoms with Crippen molar-refractivity contribution in [3.05, 3.63) is 35.1 Å². The molecule has 1 aromatic carbocycles. The molecule has 1 aliphatic rings. The third-order valence-electron chi connectivity index (χ3n) is 3.51. The van der Waals surface area contributed by atoms with Crippen molar-refractivity contribution in [2.45, 2.75) is 26.3 Å². The van der Waals surface area contributed by atoms with Gasteiger partial charge >= 0.3 is 0 Å². The van der Waals surface area contributed by atoms with E-state index in [1.165, 1.54) is 25.0 Å². The second-order valence-electron chi connectivity index (χ2n) is 5.24. The quantitative estimate of drug-likeness (QED) is 0.826. The van der Waals surface area contributed by atoms with E-state index >= 15 is 0 Å². The van der Waals surface area contributed by atoms with Crippen LogP contribution in [-0.2, 0) is 6.54 Å². The number of hydrogen-bond acceptors (Lipinski definition) is 2. The monoisotopic (exact) mass is 261 g/mol. The molecule has 102 valence electrons. The topological polar surface area (TPSA) is 23.5 Å². The Bertz CT molecular complexity index is 489. The smallest absolute Gasteiger partial charge is 0.124 e. The van der Waals surface area contributed by atoms with Crippen LogP contribution in [0.3, 0.4) is 0 Å². The number of halogens is 1. The molecule has 1 unspecified atom stereocenters. The second-order valence-corrected chi connectivity index (χ2v) is 5.24. The van der Waals surface area contributed by atoms with Crippen LogP contribution in [0.25, 0.3) is 0 Å². The van der Waals surface area contributed by atoms with E-state index in [0.717, 1.165) is 31.1 Å². The van der Waals surface area contributed by atoms with Gasteiger partial charge in [0.1, 0.15) is 12.4 Å². The summed E-state index contributed by atoms with van der Waals surface area (Å²) in [5.74, 6) is 5.88. The van der Waals surface area contributed by atoms with Crippen LogP contribution in [0.4, 0.5) is 4.39 Å². The maximum Gasteiger partial charge on any atom is 0.124 e. The Labute approximate surface area is 114 Å². The van der Waals surface area contributed by atoms with E-state index in [0.29, 0.717) is 5.56 Å². The first-order valence-corrected chi connectivity index (χ1v) is 6.79. The summed E-state index contributed by atoms with van der Waals surface area (Å²) in [5, 5.41) is 8.77. The van der Waals surface area contributed by atoms with Gasteiger partial charge in [-0.25, -0.2) is 4.39 Å². The van der Waals surface area contributed by atoms with E-state index in [1.54, 1.807) is 6.07 Å². The van der Waals surface area contributed by atoms with E-state index < -0.39 is 0 Å². The highest BCUT2D eigenvalue weighted by atomic mass is 19.1. The largest absolute Gasteiger partial charge is 0.384 e. The second kappa shape index (κ2) is 6.70. The fourth-order valence-corrected chi connectivity index (χ4v) is 2.61. The lowest BCUT2D eigenvalue weighted by molar-refractivity contribution is 0.176. The molecule has 1 aromatic rings. The zero-order chi connectivity index (χ0) is 13.7. The van der Waals surface area contributed by atoms with Gasteiger partial charge in [0.2, 0.25) is 0 Å².